The summed E-state index contributed by atoms with van der Waals surface area (Å²) in [6, 6.07) is 5.59. The molecule has 1 aromatic rings. The molecule has 0 saturated carbocycles. The van der Waals surface area contributed by atoms with E-state index in [-0.39, 0.29) is 12.0 Å². The van der Waals surface area contributed by atoms with Crippen LogP contribution in [0.4, 0.5) is 5.69 Å². The highest BCUT2D eigenvalue weighted by Crippen LogP contribution is 2.22. The lowest BCUT2D eigenvalue weighted by Crippen LogP contribution is -2.15. The standard InChI is InChI=1S/C15H23NO3/c1-10(2)19-13-6-7-14(11(3)9-13)16-15(18)8-5-12(4)17/h6-7,9-10,12,17H,5,8H2,1-4H3,(H,16,18). The van der Waals surface area contributed by atoms with Crippen LogP contribution in [0.5, 0.6) is 5.75 Å². The van der Waals surface area contributed by atoms with Gasteiger partial charge in [0.2, 0.25) is 5.91 Å². The Kier molecular flexibility index (Phi) is 5.83. The zero-order valence-corrected chi connectivity index (χ0v) is 12.1. The third kappa shape index (κ3) is 5.75. The number of ether oxygens (including phenoxy) is 1. The summed E-state index contributed by atoms with van der Waals surface area (Å²) in [5.41, 5.74) is 1.75. The van der Waals surface area contributed by atoms with Crippen LogP contribution in [0.3, 0.4) is 0 Å². The number of amides is 1. The minimum atomic E-state index is -0.450. The lowest BCUT2D eigenvalue weighted by Gasteiger charge is -2.13. The number of aliphatic hydroxyl groups excluding tert-OH is 1. The van der Waals surface area contributed by atoms with E-state index in [1.807, 2.05) is 39.0 Å². The van der Waals surface area contributed by atoms with Crippen LogP contribution in [0.2, 0.25) is 0 Å². The Morgan fingerprint density at radius 3 is 2.58 bits per heavy atom. The second-order valence-electron chi connectivity index (χ2n) is 5.08. The molecule has 0 spiro atoms. The van der Waals surface area contributed by atoms with Gasteiger partial charge in [0.05, 0.1) is 12.2 Å². The number of carbonyl (C=O) groups is 1. The molecular formula is C15H23NO3. The predicted molar refractivity (Wildman–Crippen MR) is 76.5 cm³/mol. The molecule has 0 aliphatic rings. The normalized spacial score (nSPS) is 12.3. The first kappa shape index (κ1) is 15.5. The molecule has 0 radical (unpaired) electrons. The fourth-order valence-corrected chi connectivity index (χ4v) is 1.67. The molecule has 0 heterocycles. The number of hydrogen-bond acceptors (Lipinski definition) is 3. The number of benzene rings is 1. The first-order chi connectivity index (χ1) is 8.88. The van der Waals surface area contributed by atoms with Crippen molar-refractivity contribution in [2.45, 2.75) is 52.7 Å². The van der Waals surface area contributed by atoms with Crippen LogP contribution < -0.4 is 10.1 Å². The summed E-state index contributed by atoms with van der Waals surface area (Å²) in [6.07, 6.45) is 0.473. The zero-order valence-electron chi connectivity index (χ0n) is 12.1. The number of hydrogen-bond donors (Lipinski definition) is 2. The van der Waals surface area contributed by atoms with Crippen molar-refractivity contribution in [3.05, 3.63) is 23.8 Å². The van der Waals surface area contributed by atoms with E-state index in [2.05, 4.69) is 5.32 Å². The van der Waals surface area contributed by atoms with Gasteiger partial charge in [0.25, 0.3) is 0 Å². The SMILES string of the molecule is Cc1cc(OC(C)C)ccc1NC(=O)CCC(C)O. The average Bonchev–Trinajstić information content (AvgIpc) is 2.29. The van der Waals surface area contributed by atoms with E-state index in [0.717, 1.165) is 17.0 Å². The summed E-state index contributed by atoms with van der Waals surface area (Å²) in [7, 11) is 0. The van der Waals surface area contributed by atoms with Crippen molar-refractivity contribution in [3.63, 3.8) is 0 Å². The van der Waals surface area contributed by atoms with E-state index in [0.29, 0.717) is 12.8 Å². The fourth-order valence-electron chi connectivity index (χ4n) is 1.67. The van der Waals surface area contributed by atoms with E-state index in [1.54, 1.807) is 6.92 Å². The zero-order chi connectivity index (χ0) is 14.4. The minimum absolute atomic E-state index is 0.0819. The Morgan fingerprint density at radius 1 is 1.37 bits per heavy atom. The first-order valence-electron chi connectivity index (χ1n) is 6.63. The summed E-state index contributed by atoms with van der Waals surface area (Å²) in [4.78, 5) is 11.7. The average molecular weight is 265 g/mol. The molecule has 2 N–H and O–H groups in total. The van der Waals surface area contributed by atoms with Crippen LogP contribution in [0.15, 0.2) is 18.2 Å². The van der Waals surface area contributed by atoms with Crippen molar-refractivity contribution in [3.8, 4) is 5.75 Å². The van der Waals surface area contributed by atoms with Gasteiger partial charge >= 0.3 is 0 Å². The van der Waals surface area contributed by atoms with Crippen LogP contribution in [0.25, 0.3) is 0 Å². The lowest BCUT2D eigenvalue weighted by molar-refractivity contribution is -0.116. The summed E-state index contributed by atoms with van der Waals surface area (Å²) in [5, 5.41) is 12.0. The topological polar surface area (TPSA) is 58.6 Å². The maximum Gasteiger partial charge on any atom is 0.224 e. The van der Waals surface area contributed by atoms with Gasteiger partial charge in [-0.1, -0.05) is 0 Å². The molecule has 4 nitrogen and oxygen atoms in total. The molecule has 19 heavy (non-hydrogen) atoms. The third-order valence-electron chi connectivity index (χ3n) is 2.63. The Labute approximate surface area is 114 Å². The Morgan fingerprint density at radius 2 is 2.05 bits per heavy atom. The second kappa shape index (κ2) is 7.14. The van der Waals surface area contributed by atoms with Gasteiger partial charge < -0.3 is 15.2 Å². The monoisotopic (exact) mass is 265 g/mol. The third-order valence-corrected chi connectivity index (χ3v) is 2.63. The van der Waals surface area contributed by atoms with Gasteiger partial charge in [-0.05, 0) is 57.9 Å². The van der Waals surface area contributed by atoms with Crippen LogP contribution in [0.1, 0.15) is 39.2 Å². The highest BCUT2D eigenvalue weighted by molar-refractivity contribution is 5.91. The highest BCUT2D eigenvalue weighted by Gasteiger charge is 2.08. The molecule has 0 saturated heterocycles. The molecule has 0 aromatic heterocycles. The van der Waals surface area contributed by atoms with Crippen LogP contribution in [-0.4, -0.2) is 23.2 Å². The van der Waals surface area contributed by atoms with E-state index in [9.17, 15) is 4.79 Å². The van der Waals surface area contributed by atoms with E-state index in [1.165, 1.54) is 0 Å². The number of aryl methyl sites for hydroxylation is 1. The number of carbonyl (C=O) groups excluding carboxylic acids is 1. The van der Waals surface area contributed by atoms with Crippen LogP contribution in [0, 0.1) is 6.92 Å². The predicted octanol–water partition coefficient (Wildman–Crippen LogP) is 2.88. The number of nitrogens with one attached hydrogen (secondary N) is 1. The molecule has 0 aliphatic heterocycles. The van der Waals surface area contributed by atoms with E-state index < -0.39 is 6.10 Å². The van der Waals surface area contributed by atoms with Crippen molar-refractivity contribution in [1.82, 2.24) is 0 Å². The van der Waals surface area contributed by atoms with Crippen LogP contribution >= 0.6 is 0 Å². The summed E-state index contributed by atoms with van der Waals surface area (Å²) in [5.74, 6) is 0.719. The van der Waals surface area contributed by atoms with Gasteiger partial charge in [-0.25, -0.2) is 0 Å². The van der Waals surface area contributed by atoms with E-state index in [4.69, 9.17) is 9.84 Å². The van der Waals surface area contributed by atoms with Crippen LogP contribution in [-0.2, 0) is 4.79 Å². The van der Waals surface area contributed by atoms with Crippen molar-refractivity contribution in [1.29, 1.82) is 0 Å². The fraction of sp³-hybridized carbons (Fsp3) is 0.533. The highest BCUT2D eigenvalue weighted by atomic mass is 16.5. The lowest BCUT2D eigenvalue weighted by atomic mass is 10.1. The minimum Gasteiger partial charge on any atom is -0.491 e. The molecule has 1 aromatic carbocycles. The summed E-state index contributed by atoms with van der Waals surface area (Å²) < 4.78 is 5.59. The van der Waals surface area contributed by atoms with Gasteiger partial charge in [-0.3, -0.25) is 4.79 Å². The van der Waals surface area contributed by atoms with Crippen molar-refractivity contribution in [2.75, 3.05) is 5.32 Å². The molecule has 1 unspecified atom stereocenters. The molecule has 106 valence electrons. The van der Waals surface area contributed by atoms with Gasteiger partial charge in [0.15, 0.2) is 0 Å². The molecule has 1 atom stereocenters. The number of aliphatic hydroxyl groups is 1. The van der Waals surface area contributed by atoms with E-state index >= 15 is 0 Å². The second-order valence-corrected chi connectivity index (χ2v) is 5.08. The summed E-state index contributed by atoms with van der Waals surface area (Å²) >= 11 is 0. The molecule has 1 amide bonds. The largest absolute Gasteiger partial charge is 0.491 e. The Hall–Kier alpha value is -1.55. The van der Waals surface area contributed by atoms with Crippen molar-refractivity contribution in [2.24, 2.45) is 0 Å². The van der Waals surface area contributed by atoms with Crippen molar-refractivity contribution < 1.29 is 14.6 Å². The maximum atomic E-state index is 11.7. The van der Waals surface area contributed by atoms with Gasteiger partial charge in [-0.2, -0.15) is 0 Å². The summed E-state index contributed by atoms with van der Waals surface area (Å²) in [6.45, 7) is 7.55. The van der Waals surface area contributed by atoms with Gasteiger partial charge in [0.1, 0.15) is 5.75 Å². The Balaban J connectivity index is 2.61. The first-order valence-corrected chi connectivity index (χ1v) is 6.63. The van der Waals surface area contributed by atoms with Gasteiger partial charge in [-0.15, -0.1) is 0 Å². The smallest absolute Gasteiger partial charge is 0.224 e. The molecule has 1 rings (SSSR count). The molecule has 4 heteroatoms. The van der Waals surface area contributed by atoms with Crippen molar-refractivity contribution >= 4 is 11.6 Å². The van der Waals surface area contributed by atoms with Gasteiger partial charge in [0, 0.05) is 12.1 Å². The Bertz CT molecular complexity index is 427. The quantitative estimate of drug-likeness (QED) is 0.831. The maximum absolute atomic E-state index is 11.7. The molecule has 0 aliphatic carbocycles. The number of anilines is 1. The molecular weight excluding hydrogens is 242 g/mol. The molecule has 0 bridgehead atoms. The molecule has 0 fully saturated rings. The number of rotatable bonds is 6.